The first-order valence-electron chi connectivity index (χ1n) is 6.29. The molecule has 6 heteroatoms. The van der Waals surface area contributed by atoms with Gasteiger partial charge in [-0.1, -0.05) is 6.42 Å². The molecule has 1 aliphatic rings. The fourth-order valence-electron chi connectivity index (χ4n) is 2.38. The van der Waals surface area contributed by atoms with Gasteiger partial charge in [-0.3, -0.25) is 4.79 Å². The fourth-order valence-corrected chi connectivity index (χ4v) is 4.28. The minimum Gasteiger partial charge on any atom is -0.335 e. The molecule has 5 nitrogen and oxygen atoms in total. The Morgan fingerprint density at radius 1 is 1.50 bits per heavy atom. The first-order chi connectivity index (χ1) is 8.54. The number of ketones is 1. The van der Waals surface area contributed by atoms with Crippen molar-refractivity contribution < 1.29 is 13.2 Å². The number of carbonyl (C=O) groups is 1. The zero-order chi connectivity index (χ0) is 13.2. The van der Waals surface area contributed by atoms with Crippen LogP contribution in [0.5, 0.6) is 0 Å². The normalized spacial score (nSPS) is 22.8. The van der Waals surface area contributed by atoms with E-state index in [1.807, 2.05) is 11.5 Å². The van der Waals surface area contributed by atoms with Crippen LogP contribution in [0, 0.1) is 0 Å². The Labute approximate surface area is 107 Å². The lowest BCUT2D eigenvalue weighted by molar-refractivity contribution is -0.118. The van der Waals surface area contributed by atoms with Crippen molar-refractivity contribution in [3.63, 3.8) is 0 Å². The maximum absolute atomic E-state index is 12.1. The summed E-state index contributed by atoms with van der Waals surface area (Å²) in [4.78, 5) is 16.2. The van der Waals surface area contributed by atoms with E-state index in [0.717, 1.165) is 13.0 Å². The van der Waals surface area contributed by atoms with E-state index in [4.69, 9.17) is 0 Å². The van der Waals surface area contributed by atoms with Gasteiger partial charge in [0.15, 0.2) is 15.6 Å². The Hall–Kier alpha value is -1.17. The Balaban J connectivity index is 2.12. The molecule has 1 aromatic heterocycles. The average molecular weight is 270 g/mol. The standard InChI is InChI=1S/C12H18N2O3S/c1-2-14-7-6-13-12(14)9-10(15)11-5-3-4-8-18(11,16)17/h6-7,11H,2-5,8-9H2,1H3. The van der Waals surface area contributed by atoms with E-state index in [9.17, 15) is 13.2 Å². The molecule has 2 rings (SSSR count). The first kappa shape index (κ1) is 13.3. The Bertz CT molecular complexity index is 533. The molecular weight excluding hydrogens is 252 g/mol. The number of aryl methyl sites for hydroxylation is 1. The highest BCUT2D eigenvalue weighted by molar-refractivity contribution is 7.92. The summed E-state index contributed by atoms with van der Waals surface area (Å²) in [5.41, 5.74) is 0. The van der Waals surface area contributed by atoms with Gasteiger partial charge in [0.25, 0.3) is 0 Å². The molecule has 1 atom stereocenters. The Kier molecular flexibility index (Phi) is 3.85. The van der Waals surface area contributed by atoms with Crippen LogP contribution in [0.1, 0.15) is 32.0 Å². The van der Waals surface area contributed by atoms with E-state index in [2.05, 4.69) is 4.98 Å². The highest BCUT2D eigenvalue weighted by Gasteiger charge is 2.34. The molecule has 0 spiro atoms. The second kappa shape index (κ2) is 5.22. The molecule has 0 bridgehead atoms. The van der Waals surface area contributed by atoms with Crippen molar-refractivity contribution in [2.24, 2.45) is 0 Å². The summed E-state index contributed by atoms with van der Waals surface area (Å²) in [5.74, 6) is 0.588. The molecular formula is C12H18N2O3S. The summed E-state index contributed by atoms with van der Waals surface area (Å²) in [6.07, 6.45) is 5.52. The summed E-state index contributed by atoms with van der Waals surface area (Å²) in [6.45, 7) is 2.70. The van der Waals surface area contributed by atoms with Crippen LogP contribution in [-0.2, 0) is 27.6 Å². The number of hydrogen-bond donors (Lipinski definition) is 0. The molecule has 0 N–H and O–H groups in total. The van der Waals surface area contributed by atoms with E-state index in [1.165, 1.54) is 0 Å². The lowest BCUT2D eigenvalue weighted by Gasteiger charge is -2.20. The monoisotopic (exact) mass is 270 g/mol. The Morgan fingerprint density at radius 2 is 2.28 bits per heavy atom. The van der Waals surface area contributed by atoms with Gasteiger partial charge in [0.05, 0.1) is 12.2 Å². The highest BCUT2D eigenvalue weighted by Crippen LogP contribution is 2.21. The van der Waals surface area contributed by atoms with Crippen LogP contribution >= 0.6 is 0 Å². The van der Waals surface area contributed by atoms with Crippen molar-refractivity contribution in [1.82, 2.24) is 9.55 Å². The minimum atomic E-state index is -3.23. The number of carbonyl (C=O) groups excluding carboxylic acids is 1. The number of rotatable bonds is 4. The zero-order valence-corrected chi connectivity index (χ0v) is 11.3. The second-order valence-corrected chi connectivity index (χ2v) is 6.93. The number of nitrogens with zero attached hydrogens (tertiary/aromatic N) is 2. The minimum absolute atomic E-state index is 0.116. The molecule has 2 heterocycles. The van der Waals surface area contributed by atoms with Crippen molar-refractivity contribution in [2.45, 2.75) is 44.4 Å². The van der Waals surface area contributed by atoms with Gasteiger partial charge >= 0.3 is 0 Å². The molecule has 100 valence electrons. The molecule has 0 aromatic carbocycles. The predicted molar refractivity (Wildman–Crippen MR) is 68.0 cm³/mol. The van der Waals surface area contributed by atoms with Crippen LogP contribution in [0.15, 0.2) is 12.4 Å². The largest absolute Gasteiger partial charge is 0.335 e. The van der Waals surface area contributed by atoms with Gasteiger partial charge in [0.2, 0.25) is 0 Å². The zero-order valence-electron chi connectivity index (χ0n) is 10.5. The summed E-state index contributed by atoms with van der Waals surface area (Å²) in [7, 11) is -3.23. The SMILES string of the molecule is CCn1ccnc1CC(=O)C1CCCCS1(=O)=O. The van der Waals surface area contributed by atoms with Crippen LogP contribution in [0.25, 0.3) is 0 Å². The molecule has 1 fully saturated rings. The Morgan fingerprint density at radius 3 is 2.94 bits per heavy atom. The molecule has 1 unspecified atom stereocenters. The fraction of sp³-hybridized carbons (Fsp3) is 0.667. The van der Waals surface area contributed by atoms with E-state index in [-0.39, 0.29) is 18.0 Å². The molecule has 0 aliphatic carbocycles. The third-order valence-corrected chi connectivity index (χ3v) is 5.64. The predicted octanol–water partition coefficient (Wildman–Crippen LogP) is 0.982. The van der Waals surface area contributed by atoms with Gasteiger partial charge in [0.1, 0.15) is 11.1 Å². The lowest BCUT2D eigenvalue weighted by Crippen LogP contribution is -2.36. The van der Waals surface area contributed by atoms with Gasteiger partial charge in [-0.05, 0) is 19.8 Å². The van der Waals surface area contributed by atoms with Crippen LogP contribution in [-0.4, -0.2) is 34.8 Å². The summed E-state index contributed by atoms with van der Waals surface area (Å²) >= 11 is 0. The highest BCUT2D eigenvalue weighted by atomic mass is 32.2. The van der Waals surface area contributed by atoms with Crippen molar-refractivity contribution >= 4 is 15.6 Å². The van der Waals surface area contributed by atoms with Crippen molar-refractivity contribution in [2.75, 3.05) is 5.75 Å². The lowest BCUT2D eigenvalue weighted by atomic mass is 10.1. The van der Waals surface area contributed by atoms with Crippen molar-refractivity contribution in [3.8, 4) is 0 Å². The van der Waals surface area contributed by atoms with Gasteiger partial charge < -0.3 is 4.57 Å². The van der Waals surface area contributed by atoms with E-state index >= 15 is 0 Å². The molecule has 1 saturated heterocycles. The number of hydrogen-bond acceptors (Lipinski definition) is 4. The maximum atomic E-state index is 12.1. The van der Waals surface area contributed by atoms with Crippen LogP contribution in [0.4, 0.5) is 0 Å². The molecule has 1 aliphatic heterocycles. The third-order valence-electron chi connectivity index (χ3n) is 3.41. The molecule has 1 aromatic rings. The molecule has 0 amide bonds. The van der Waals surface area contributed by atoms with Crippen LogP contribution in [0.3, 0.4) is 0 Å². The summed E-state index contributed by atoms with van der Waals surface area (Å²) in [5, 5.41) is -0.812. The molecule has 0 saturated carbocycles. The van der Waals surface area contributed by atoms with Gasteiger partial charge in [-0.15, -0.1) is 0 Å². The van der Waals surface area contributed by atoms with E-state index < -0.39 is 15.1 Å². The third kappa shape index (κ3) is 2.63. The summed E-state index contributed by atoms with van der Waals surface area (Å²) < 4.78 is 25.6. The number of sulfone groups is 1. The number of aromatic nitrogens is 2. The van der Waals surface area contributed by atoms with Crippen molar-refractivity contribution in [3.05, 3.63) is 18.2 Å². The first-order valence-corrected chi connectivity index (χ1v) is 8.00. The van der Waals surface area contributed by atoms with Crippen LogP contribution < -0.4 is 0 Å². The van der Waals surface area contributed by atoms with Gasteiger partial charge in [-0.2, -0.15) is 0 Å². The number of Topliss-reactive ketones (excluding diaryl/α,β-unsaturated/α-hetero) is 1. The summed E-state index contributed by atoms with van der Waals surface area (Å²) in [6, 6.07) is 0. The molecule has 0 radical (unpaired) electrons. The quantitative estimate of drug-likeness (QED) is 0.818. The van der Waals surface area contributed by atoms with Crippen molar-refractivity contribution in [1.29, 1.82) is 0 Å². The topological polar surface area (TPSA) is 69.0 Å². The second-order valence-electron chi connectivity index (χ2n) is 4.62. The molecule has 18 heavy (non-hydrogen) atoms. The van der Waals surface area contributed by atoms with Crippen LogP contribution in [0.2, 0.25) is 0 Å². The smallest absolute Gasteiger partial charge is 0.160 e. The van der Waals surface area contributed by atoms with Gasteiger partial charge in [-0.25, -0.2) is 13.4 Å². The van der Waals surface area contributed by atoms with E-state index in [0.29, 0.717) is 18.7 Å². The van der Waals surface area contributed by atoms with Gasteiger partial charge in [0, 0.05) is 18.9 Å². The number of imidazole rings is 1. The maximum Gasteiger partial charge on any atom is 0.160 e. The van der Waals surface area contributed by atoms with E-state index in [1.54, 1.807) is 12.4 Å². The average Bonchev–Trinajstić information content (AvgIpc) is 2.75.